The first-order chi connectivity index (χ1) is 9.70. The molecule has 1 heterocycles. The zero-order valence-electron chi connectivity index (χ0n) is 11.0. The van der Waals surface area contributed by atoms with Crippen molar-refractivity contribution in [3.63, 3.8) is 0 Å². The molecule has 0 aliphatic heterocycles. The van der Waals surface area contributed by atoms with Crippen LogP contribution in [0, 0.1) is 17.1 Å². The van der Waals surface area contributed by atoms with Crippen LogP contribution in [-0.2, 0) is 13.5 Å². The Kier molecular flexibility index (Phi) is 2.96. The van der Waals surface area contributed by atoms with Crippen LogP contribution >= 0.6 is 0 Å². The zero-order chi connectivity index (χ0) is 14.1. The summed E-state index contributed by atoms with van der Waals surface area (Å²) in [6.45, 7) is 0. The molecule has 0 aliphatic rings. The molecule has 3 nitrogen and oxygen atoms in total. The molecule has 0 unspecified atom stereocenters. The first-order valence-electron chi connectivity index (χ1n) is 6.28. The molecule has 1 aromatic heterocycles. The Morgan fingerprint density at radius 1 is 1.25 bits per heavy atom. The Morgan fingerprint density at radius 3 is 2.80 bits per heavy atom. The van der Waals surface area contributed by atoms with E-state index in [1.165, 1.54) is 6.07 Å². The molecular formula is C16H12FN3. The quantitative estimate of drug-likeness (QED) is 0.712. The number of rotatable bonds is 2. The summed E-state index contributed by atoms with van der Waals surface area (Å²) in [5.41, 5.74) is 3.11. The number of benzene rings is 2. The summed E-state index contributed by atoms with van der Waals surface area (Å²) in [5.74, 6) is 0.301. The number of imidazole rings is 1. The Bertz CT molecular complexity index is 827. The van der Waals surface area contributed by atoms with Crippen molar-refractivity contribution in [1.82, 2.24) is 9.55 Å². The van der Waals surface area contributed by atoms with Crippen molar-refractivity contribution in [3.8, 4) is 17.5 Å². The van der Waals surface area contributed by atoms with Gasteiger partial charge in [0, 0.05) is 7.05 Å². The van der Waals surface area contributed by atoms with Crippen molar-refractivity contribution >= 4 is 11.0 Å². The average Bonchev–Trinajstić information content (AvgIpc) is 2.77. The van der Waals surface area contributed by atoms with Gasteiger partial charge < -0.3 is 4.57 Å². The van der Waals surface area contributed by atoms with E-state index in [1.807, 2.05) is 29.8 Å². The van der Waals surface area contributed by atoms with E-state index in [2.05, 4.69) is 11.1 Å². The van der Waals surface area contributed by atoms with Gasteiger partial charge in [0.25, 0.3) is 0 Å². The Labute approximate surface area is 115 Å². The van der Waals surface area contributed by atoms with Crippen molar-refractivity contribution < 1.29 is 4.39 Å². The Balaban J connectivity index is 2.21. The van der Waals surface area contributed by atoms with Gasteiger partial charge in [-0.2, -0.15) is 5.26 Å². The van der Waals surface area contributed by atoms with Gasteiger partial charge in [0.15, 0.2) is 0 Å². The highest BCUT2D eigenvalue weighted by atomic mass is 19.1. The van der Waals surface area contributed by atoms with Gasteiger partial charge in [-0.3, -0.25) is 0 Å². The van der Waals surface area contributed by atoms with Gasteiger partial charge in [0.05, 0.1) is 29.1 Å². The van der Waals surface area contributed by atoms with Crippen molar-refractivity contribution in [2.24, 2.45) is 7.05 Å². The summed E-state index contributed by atoms with van der Waals surface area (Å²) in [6, 6.07) is 14.4. The highest BCUT2D eigenvalue weighted by Gasteiger charge is 2.13. The average molecular weight is 265 g/mol. The second-order valence-corrected chi connectivity index (χ2v) is 4.63. The van der Waals surface area contributed by atoms with Crippen LogP contribution in [-0.4, -0.2) is 9.55 Å². The predicted molar refractivity (Wildman–Crippen MR) is 75.4 cm³/mol. The van der Waals surface area contributed by atoms with Crippen LogP contribution in [0.25, 0.3) is 22.4 Å². The predicted octanol–water partition coefficient (Wildman–Crippen LogP) is 3.45. The maximum atomic E-state index is 13.9. The summed E-state index contributed by atoms with van der Waals surface area (Å²) >= 11 is 0. The van der Waals surface area contributed by atoms with E-state index in [-0.39, 0.29) is 5.82 Å². The Hall–Kier alpha value is -2.67. The minimum absolute atomic E-state index is 0.289. The van der Waals surface area contributed by atoms with Gasteiger partial charge in [-0.05, 0) is 29.8 Å². The molecule has 98 valence electrons. The first kappa shape index (κ1) is 12.4. The topological polar surface area (TPSA) is 41.6 Å². The smallest absolute Gasteiger partial charge is 0.143 e. The Morgan fingerprint density at radius 2 is 2.05 bits per heavy atom. The normalized spacial score (nSPS) is 10.7. The van der Waals surface area contributed by atoms with Gasteiger partial charge in [-0.25, -0.2) is 9.37 Å². The number of hydrogen-bond acceptors (Lipinski definition) is 2. The summed E-state index contributed by atoms with van der Waals surface area (Å²) in [7, 11) is 1.85. The van der Waals surface area contributed by atoms with Crippen molar-refractivity contribution in [2.75, 3.05) is 0 Å². The standard InChI is InChI=1S/C16H12FN3/c1-20-15-10-11(8-9-18)6-7-14(15)19-16(20)12-4-2-3-5-13(12)17/h2-7,10H,8H2,1H3. The minimum Gasteiger partial charge on any atom is -0.327 e. The third-order valence-corrected chi connectivity index (χ3v) is 3.34. The zero-order valence-corrected chi connectivity index (χ0v) is 11.0. The molecule has 0 saturated carbocycles. The van der Waals surface area contributed by atoms with Crippen LogP contribution in [0.4, 0.5) is 4.39 Å². The molecule has 0 fully saturated rings. The molecule has 0 N–H and O–H groups in total. The molecule has 3 aromatic rings. The molecule has 0 aliphatic carbocycles. The molecular weight excluding hydrogens is 253 g/mol. The van der Waals surface area contributed by atoms with E-state index in [0.29, 0.717) is 17.8 Å². The lowest BCUT2D eigenvalue weighted by Gasteiger charge is -2.03. The second kappa shape index (κ2) is 4.78. The first-order valence-corrected chi connectivity index (χ1v) is 6.28. The molecule has 0 radical (unpaired) electrons. The lowest BCUT2D eigenvalue weighted by molar-refractivity contribution is 0.629. The highest BCUT2D eigenvalue weighted by Crippen LogP contribution is 2.26. The monoisotopic (exact) mass is 265 g/mol. The maximum Gasteiger partial charge on any atom is 0.143 e. The third-order valence-electron chi connectivity index (χ3n) is 3.34. The third kappa shape index (κ3) is 1.94. The molecule has 20 heavy (non-hydrogen) atoms. The van der Waals surface area contributed by atoms with E-state index in [1.54, 1.807) is 18.2 Å². The minimum atomic E-state index is -0.289. The fraction of sp³-hybridized carbons (Fsp3) is 0.125. The van der Waals surface area contributed by atoms with E-state index < -0.39 is 0 Å². The van der Waals surface area contributed by atoms with E-state index in [9.17, 15) is 4.39 Å². The van der Waals surface area contributed by atoms with Gasteiger partial charge in [-0.15, -0.1) is 0 Å². The number of hydrogen-bond donors (Lipinski definition) is 0. The van der Waals surface area contributed by atoms with E-state index in [0.717, 1.165) is 16.6 Å². The lowest BCUT2D eigenvalue weighted by atomic mass is 10.1. The van der Waals surface area contributed by atoms with Crippen LogP contribution in [0.3, 0.4) is 0 Å². The number of nitriles is 1. The van der Waals surface area contributed by atoms with Crippen LogP contribution in [0.2, 0.25) is 0 Å². The summed E-state index contributed by atoms with van der Waals surface area (Å²) in [4.78, 5) is 4.48. The van der Waals surface area contributed by atoms with E-state index in [4.69, 9.17) is 5.26 Å². The van der Waals surface area contributed by atoms with Gasteiger partial charge in [-0.1, -0.05) is 18.2 Å². The summed E-state index contributed by atoms with van der Waals surface area (Å²) in [6.07, 6.45) is 0.357. The second-order valence-electron chi connectivity index (χ2n) is 4.63. The van der Waals surface area contributed by atoms with Crippen molar-refractivity contribution in [2.45, 2.75) is 6.42 Å². The molecule has 0 saturated heterocycles. The van der Waals surface area contributed by atoms with Crippen LogP contribution in [0.15, 0.2) is 42.5 Å². The molecule has 0 bridgehead atoms. The fourth-order valence-electron chi connectivity index (χ4n) is 2.32. The number of nitrogens with zero attached hydrogens (tertiary/aromatic N) is 3. The molecule has 0 spiro atoms. The fourth-order valence-corrected chi connectivity index (χ4v) is 2.32. The molecule has 0 amide bonds. The summed E-state index contributed by atoms with van der Waals surface area (Å²) in [5, 5.41) is 8.76. The molecule has 4 heteroatoms. The summed E-state index contributed by atoms with van der Waals surface area (Å²) < 4.78 is 15.7. The van der Waals surface area contributed by atoms with Gasteiger partial charge in [0.2, 0.25) is 0 Å². The van der Waals surface area contributed by atoms with Crippen molar-refractivity contribution in [1.29, 1.82) is 5.26 Å². The largest absolute Gasteiger partial charge is 0.327 e. The van der Waals surface area contributed by atoms with Gasteiger partial charge in [0.1, 0.15) is 11.6 Å². The lowest BCUT2D eigenvalue weighted by Crippen LogP contribution is -1.95. The molecule has 2 aromatic carbocycles. The number of fused-ring (bicyclic) bond motifs is 1. The molecule has 0 atom stereocenters. The highest BCUT2D eigenvalue weighted by molar-refractivity contribution is 5.81. The van der Waals surface area contributed by atoms with Crippen LogP contribution in [0.1, 0.15) is 5.56 Å². The van der Waals surface area contributed by atoms with Crippen molar-refractivity contribution in [3.05, 3.63) is 53.8 Å². The van der Waals surface area contributed by atoms with E-state index >= 15 is 0 Å². The number of halogens is 1. The molecule has 3 rings (SSSR count). The number of aryl methyl sites for hydroxylation is 1. The number of aromatic nitrogens is 2. The van der Waals surface area contributed by atoms with Crippen LogP contribution < -0.4 is 0 Å². The van der Waals surface area contributed by atoms with Crippen LogP contribution in [0.5, 0.6) is 0 Å². The maximum absolute atomic E-state index is 13.9. The van der Waals surface area contributed by atoms with Gasteiger partial charge >= 0.3 is 0 Å². The SMILES string of the molecule is Cn1c(-c2ccccc2F)nc2ccc(CC#N)cc21.